The molecule has 0 spiro atoms. The third kappa shape index (κ3) is 11.1. The van der Waals surface area contributed by atoms with Gasteiger partial charge in [-0.05, 0) is 6.92 Å². The van der Waals surface area contributed by atoms with Gasteiger partial charge in [-0.2, -0.15) is 0 Å². The van der Waals surface area contributed by atoms with Gasteiger partial charge in [-0.3, -0.25) is 9.59 Å². The van der Waals surface area contributed by atoms with Gasteiger partial charge in [0, 0.05) is 19.5 Å². The van der Waals surface area contributed by atoms with Crippen molar-refractivity contribution < 1.29 is 19.1 Å². The summed E-state index contributed by atoms with van der Waals surface area (Å²) in [7, 11) is 0. The Hall–Kier alpha value is -1.14. The maximum atomic E-state index is 11.0. The van der Waals surface area contributed by atoms with Crippen molar-refractivity contribution in [1.29, 1.82) is 0 Å². The van der Waals surface area contributed by atoms with Crippen molar-refractivity contribution in [3.05, 3.63) is 0 Å². The van der Waals surface area contributed by atoms with Crippen LogP contribution in [0.2, 0.25) is 0 Å². The number of hydrogen-bond acceptors (Lipinski definition) is 4. The second kappa shape index (κ2) is 11.3. The largest absolute Gasteiger partial charge is 0.377 e. The average Bonchev–Trinajstić information content (AvgIpc) is 2.32. The second-order valence-electron chi connectivity index (χ2n) is 3.32. The van der Waals surface area contributed by atoms with E-state index in [0.29, 0.717) is 39.3 Å². The van der Waals surface area contributed by atoms with Crippen molar-refractivity contribution in [3.63, 3.8) is 0 Å². The SMILES string of the molecule is CCNC(=O)COCCOCCNC(=O)CC. The zero-order chi connectivity index (χ0) is 12.9. The van der Waals surface area contributed by atoms with Gasteiger partial charge in [0.15, 0.2) is 0 Å². The second-order valence-corrected chi connectivity index (χ2v) is 3.32. The first kappa shape index (κ1) is 15.9. The Morgan fingerprint density at radius 3 is 2.29 bits per heavy atom. The lowest BCUT2D eigenvalue weighted by Gasteiger charge is -2.06. The summed E-state index contributed by atoms with van der Waals surface area (Å²) in [5.41, 5.74) is 0. The molecular formula is C11H22N2O4. The highest BCUT2D eigenvalue weighted by Crippen LogP contribution is 1.80. The molecule has 6 nitrogen and oxygen atoms in total. The standard InChI is InChI=1S/C11H22N2O4/c1-3-10(14)13-5-6-16-7-8-17-9-11(15)12-4-2/h3-9H2,1-2H3,(H,12,15)(H,13,14). The molecule has 0 aliphatic heterocycles. The molecule has 0 aromatic heterocycles. The molecule has 0 bridgehead atoms. The molecule has 0 fully saturated rings. The van der Waals surface area contributed by atoms with Gasteiger partial charge in [0.25, 0.3) is 0 Å². The van der Waals surface area contributed by atoms with Crippen molar-refractivity contribution in [1.82, 2.24) is 10.6 Å². The molecule has 6 heteroatoms. The van der Waals surface area contributed by atoms with E-state index in [-0.39, 0.29) is 18.4 Å². The number of rotatable bonds is 10. The summed E-state index contributed by atoms with van der Waals surface area (Å²) >= 11 is 0. The van der Waals surface area contributed by atoms with E-state index < -0.39 is 0 Å². The molecule has 0 aliphatic rings. The molecule has 0 heterocycles. The summed E-state index contributed by atoms with van der Waals surface area (Å²) in [5.74, 6) is -0.108. The van der Waals surface area contributed by atoms with Crippen LogP contribution in [0.15, 0.2) is 0 Å². The number of ether oxygens (including phenoxy) is 2. The van der Waals surface area contributed by atoms with Crippen LogP contribution in [-0.2, 0) is 19.1 Å². The number of hydrogen-bond donors (Lipinski definition) is 2. The topological polar surface area (TPSA) is 76.7 Å². The average molecular weight is 246 g/mol. The molecule has 0 radical (unpaired) electrons. The summed E-state index contributed by atoms with van der Waals surface area (Å²) in [6.45, 7) is 6.07. The molecule has 0 aromatic carbocycles. The van der Waals surface area contributed by atoms with Crippen molar-refractivity contribution in [2.45, 2.75) is 20.3 Å². The zero-order valence-electron chi connectivity index (χ0n) is 10.6. The highest BCUT2D eigenvalue weighted by molar-refractivity contribution is 5.77. The van der Waals surface area contributed by atoms with Crippen LogP contribution in [-0.4, -0.2) is 51.3 Å². The lowest BCUT2D eigenvalue weighted by molar-refractivity contribution is -0.126. The summed E-state index contributed by atoms with van der Waals surface area (Å²) in [5, 5.41) is 5.31. The smallest absolute Gasteiger partial charge is 0.245 e. The summed E-state index contributed by atoms with van der Waals surface area (Å²) in [6, 6.07) is 0. The molecule has 0 saturated carbocycles. The van der Waals surface area contributed by atoms with Crippen molar-refractivity contribution in [2.24, 2.45) is 0 Å². The minimum absolute atomic E-state index is 0.0149. The Balaban J connectivity index is 3.13. The molecule has 0 aliphatic carbocycles. The maximum absolute atomic E-state index is 11.0. The number of likely N-dealkylation sites (N-methyl/N-ethyl adjacent to an activating group) is 1. The van der Waals surface area contributed by atoms with Crippen LogP contribution in [0, 0.1) is 0 Å². The van der Waals surface area contributed by atoms with Crippen LogP contribution >= 0.6 is 0 Å². The van der Waals surface area contributed by atoms with Gasteiger partial charge in [0.1, 0.15) is 6.61 Å². The van der Waals surface area contributed by atoms with Gasteiger partial charge in [-0.25, -0.2) is 0 Å². The number of nitrogens with one attached hydrogen (secondary N) is 2. The van der Waals surface area contributed by atoms with Gasteiger partial charge in [-0.1, -0.05) is 6.92 Å². The van der Waals surface area contributed by atoms with E-state index in [1.54, 1.807) is 6.92 Å². The van der Waals surface area contributed by atoms with E-state index in [0.717, 1.165) is 0 Å². The van der Waals surface area contributed by atoms with Crippen molar-refractivity contribution >= 4 is 11.8 Å². The molecular weight excluding hydrogens is 224 g/mol. The Morgan fingerprint density at radius 2 is 1.65 bits per heavy atom. The third-order valence-electron chi connectivity index (χ3n) is 1.87. The summed E-state index contributed by atoms with van der Waals surface area (Å²) < 4.78 is 10.3. The predicted molar refractivity (Wildman–Crippen MR) is 63.6 cm³/mol. The van der Waals surface area contributed by atoms with Crippen LogP contribution in [0.25, 0.3) is 0 Å². The molecule has 0 atom stereocenters. The monoisotopic (exact) mass is 246 g/mol. The lowest BCUT2D eigenvalue weighted by Crippen LogP contribution is -2.28. The van der Waals surface area contributed by atoms with Crippen LogP contribution in [0.1, 0.15) is 20.3 Å². The Bertz CT molecular complexity index is 222. The first-order valence-electron chi connectivity index (χ1n) is 5.89. The van der Waals surface area contributed by atoms with E-state index in [4.69, 9.17) is 9.47 Å². The Kier molecular flexibility index (Phi) is 10.6. The Morgan fingerprint density at radius 1 is 0.941 bits per heavy atom. The van der Waals surface area contributed by atoms with Gasteiger partial charge < -0.3 is 20.1 Å². The molecule has 0 unspecified atom stereocenters. The fraction of sp³-hybridized carbons (Fsp3) is 0.818. The fourth-order valence-electron chi connectivity index (χ4n) is 1.02. The number of amides is 2. The quantitative estimate of drug-likeness (QED) is 0.518. The van der Waals surface area contributed by atoms with E-state index in [9.17, 15) is 9.59 Å². The lowest BCUT2D eigenvalue weighted by atomic mass is 10.4. The zero-order valence-corrected chi connectivity index (χ0v) is 10.6. The van der Waals surface area contributed by atoms with Crippen LogP contribution in [0.5, 0.6) is 0 Å². The fourth-order valence-corrected chi connectivity index (χ4v) is 1.02. The van der Waals surface area contributed by atoms with Gasteiger partial charge in [-0.15, -0.1) is 0 Å². The molecule has 17 heavy (non-hydrogen) atoms. The highest BCUT2D eigenvalue weighted by Gasteiger charge is 1.98. The predicted octanol–water partition coefficient (Wildman–Crippen LogP) is -0.318. The number of carbonyl (C=O) groups is 2. The van der Waals surface area contributed by atoms with Gasteiger partial charge in [0.05, 0.1) is 19.8 Å². The van der Waals surface area contributed by atoms with Crippen molar-refractivity contribution in [2.75, 3.05) is 39.5 Å². The minimum Gasteiger partial charge on any atom is -0.377 e. The molecule has 0 aromatic rings. The first-order valence-corrected chi connectivity index (χ1v) is 5.89. The molecule has 2 amide bonds. The van der Waals surface area contributed by atoms with E-state index in [1.165, 1.54) is 0 Å². The highest BCUT2D eigenvalue weighted by atomic mass is 16.5. The minimum atomic E-state index is -0.122. The normalized spacial score (nSPS) is 10.0. The van der Waals surface area contributed by atoms with E-state index in [2.05, 4.69) is 10.6 Å². The Labute approximate surface area is 102 Å². The van der Waals surface area contributed by atoms with E-state index >= 15 is 0 Å². The molecule has 0 saturated heterocycles. The summed E-state index contributed by atoms with van der Waals surface area (Å²) in [6.07, 6.45) is 0.482. The third-order valence-corrected chi connectivity index (χ3v) is 1.87. The van der Waals surface area contributed by atoms with Crippen LogP contribution < -0.4 is 10.6 Å². The summed E-state index contributed by atoms with van der Waals surface area (Å²) in [4.78, 5) is 21.8. The van der Waals surface area contributed by atoms with Gasteiger partial charge in [0.2, 0.25) is 11.8 Å². The van der Waals surface area contributed by atoms with Crippen LogP contribution in [0.4, 0.5) is 0 Å². The van der Waals surface area contributed by atoms with E-state index in [1.807, 2.05) is 6.92 Å². The van der Waals surface area contributed by atoms with Crippen LogP contribution in [0.3, 0.4) is 0 Å². The first-order chi connectivity index (χ1) is 8.20. The molecule has 2 N–H and O–H groups in total. The van der Waals surface area contributed by atoms with Crippen molar-refractivity contribution in [3.8, 4) is 0 Å². The molecule has 100 valence electrons. The maximum Gasteiger partial charge on any atom is 0.245 e. The molecule has 0 rings (SSSR count). The number of carbonyl (C=O) groups excluding carboxylic acids is 2. The van der Waals surface area contributed by atoms with Gasteiger partial charge >= 0.3 is 0 Å².